The van der Waals surface area contributed by atoms with Gasteiger partial charge < -0.3 is 14.5 Å². The minimum atomic E-state index is -0.244. The molecule has 1 atom stereocenters. The van der Waals surface area contributed by atoms with Crippen molar-refractivity contribution in [3.05, 3.63) is 65.7 Å². The summed E-state index contributed by atoms with van der Waals surface area (Å²) in [7, 11) is 0. The van der Waals surface area contributed by atoms with E-state index in [0.29, 0.717) is 26.2 Å². The smallest absolute Gasteiger partial charge is 0.310 e. The van der Waals surface area contributed by atoms with Gasteiger partial charge in [0.25, 0.3) is 0 Å². The quantitative estimate of drug-likeness (QED) is 0.573. The lowest BCUT2D eigenvalue weighted by molar-refractivity contribution is -0.151. The number of rotatable bonds is 8. The first-order valence-electron chi connectivity index (χ1n) is 11.9. The Labute approximate surface area is 195 Å². The highest BCUT2D eigenvalue weighted by Gasteiger charge is 2.34. The van der Waals surface area contributed by atoms with Crippen LogP contribution in [0, 0.1) is 11.8 Å². The molecule has 1 saturated heterocycles. The summed E-state index contributed by atoms with van der Waals surface area (Å²) in [6, 6.07) is 17.7. The van der Waals surface area contributed by atoms with Crippen LogP contribution in [0.2, 0.25) is 0 Å². The van der Waals surface area contributed by atoms with Crippen LogP contribution in [0.4, 0.5) is 5.69 Å². The molecule has 0 bridgehead atoms. The van der Waals surface area contributed by atoms with Crippen LogP contribution in [-0.4, -0.2) is 42.4 Å². The summed E-state index contributed by atoms with van der Waals surface area (Å²) < 4.78 is 5.15. The molecule has 2 fully saturated rings. The Morgan fingerprint density at radius 3 is 2.45 bits per heavy atom. The Bertz CT molecular complexity index is 987. The zero-order valence-electron chi connectivity index (χ0n) is 19.2. The number of esters is 1. The maximum Gasteiger partial charge on any atom is 0.310 e. The third kappa shape index (κ3) is 6.01. The van der Waals surface area contributed by atoms with E-state index in [1.54, 1.807) is 11.8 Å². The van der Waals surface area contributed by atoms with Crippen molar-refractivity contribution in [2.75, 3.05) is 24.6 Å². The minimum absolute atomic E-state index is 0.00396. The number of carbonyl (C=O) groups excluding carboxylic acids is 3. The summed E-state index contributed by atoms with van der Waals surface area (Å²) in [6.45, 7) is 3.74. The van der Waals surface area contributed by atoms with Gasteiger partial charge in [-0.15, -0.1) is 0 Å². The fraction of sp³-hybridized carbons (Fsp3) is 0.444. The second-order valence-corrected chi connectivity index (χ2v) is 8.96. The molecule has 1 heterocycles. The average molecular weight is 449 g/mol. The molecule has 174 valence electrons. The molecule has 4 rings (SSSR count). The lowest BCUT2D eigenvalue weighted by atomic mass is 9.97. The van der Waals surface area contributed by atoms with Crippen molar-refractivity contribution in [1.29, 1.82) is 0 Å². The molecule has 33 heavy (non-hydrogen) atoms. The number of hydrogen-bond acceptors (Lipinski definition) is 4. The maximum atomic E-state index is 13.1. The Morgan fingerprint density at radius 2 is 1.73 bits per heavy atom. The standard InChI is InChI=1S/C27H32N2O4/c1-2-33-27(32)23-11-7-15-28(19-23)25(30)17-21-10-6-12-24(16-21)29(26(31)22-13-14-22)18-20-8-4-3-5-9-20/h3-6,8-10,12,16,22-23H,2,7,11,13-15,17-19H2,1H3. The highest BCUT2D eigenvalue weighted by molar-refractivity contribution is 5.96. The van der Waals surface area contributed by atoms with Crippen molar-refractivity contribution in [3.8, 4) is 0 Å². The first-order valence-corrected chi connectivity index (χ1v) is 11.9. The van der Waals surface area contributed by atoms with E-state index in [-0.39, 0.29) is 36.0 Å². The van der Waals surface area contributed by atoms with Crippen molar-refractivity contribution in [2.45, 2.75) is 45.6 Å². The van der Waals surface area contributed by atoms with Crippen LogP contribution < -0.4 is 4.90 Å². The highest BCUT2D eigenvalue weighted by atomic mass is 16.5. The third-order valence-electron chi connectivity index (χ3n) is 6.35. The molecule has 6 heteroatoms. The lowest BCUT2D eigenvalue weighted by Crippen LogP contribution is -2.43. The fourth-order valence-corrected chi connectivity index (χ4v) is 4.39. The number of hydrogen-bond donors (Lipinski definition) is 0. The Morgan fingerprint density at radius 1 is 0.970 bits per heavy atom. The molecule has 1 unspecified atom stereocenters. The maximum absolute atomic E-state index is 13.1. The van der Waals surface area contributed by atoms with Gasteiger partial charge in [0.2, 0.25) is 11.8 Å². The lowest BCUT2D eigenvalue weighted by Gasteiger charge is -2.31. The van der Waals surface area contributed by atoms with Crippen LogP contribution in [0.25, 0.3) is 0 Å². The molecule has 1 saturated carbocycles. The van der Waals surface area contributed by atoms with E-state index >= 15 is 0 Å². The summed E-state index contributed by atoms with van der Waals surface area (Å²) in [4.78, 5) is 41.8. The van der Waals surface area contributed by atoms with Gasteiger partial charge in [0.1, 0.15) is 0 Å². The van der Waals surface area contributed by atoms with E-state index < -0.39 is 0 Å². The number of anilines is 1. The van der Waals surface area contributed by atoms with E-state index in [9.17, 15) is 14.4 Å². The van der Waals surface area contributed by atoms with E-state index in [1.165, 1.54) is 0 Å². The van der Waals surface area contributed by atoms with Crippen LogP contribution in [0.15, 0.2) is 54.6 Å². The largest absolute Gasteiger partial charge is 0.466 e. The Balaban J connectivity index is 1.46. The Hall–Kier alpha value is -3.15. The predicted molar refractivity (Wildman–Crippen MR) is 126 cm³/mol. The van der Waals surface area contributed by atoms with Crippen molar-refractivity contribution in [2.24, 2.45) is 11.8 Å². The predicted octanol–water partition coefficient (Wildman–Crippen LogP) is 3.97. The number of likely N-dealkylation sites (tertiary alicyclic amines) is 1. The molecule has 1 aliphatic heterocycles. The van der Waals surface area contributed by atoms with Crippen molar-refractivity contribution in [3.63, 3.8) is 0 Å². The van der Waals surface area contributed by atoms with Crippen LogP contribution in [-0.2, 0) is 32.1 Å². The molecular formula is C27H32N2O4. The summed E-state index contributed by atoms with van der Waals surface area (Å²) in [6.07, 6.45) is 3.70. The van der Waals surface area contributed by atoms with E-state index in [2.05, 4.69) is 0 Å². The summed E-state index contributed by atoms with van der Waals surface area (Å²) in [5, 5.41) is 0. The fourth-order valence-electron chi connectivity index (χ4n) is 4.39. The minimum Gasteiger partial charge on any atom is -0.466 e. The van der Waals surface area contributed by atoms with Gasteiger partial charge in [-0.2, -0.15) is 0 Å². The van der Waals surface area contributed by atoms with E-state index in [4.69, 9.17) is 4.74 Å². The molecule has 0 aromatic heterocycles. The normalized spacial score (nSPS) is 18.0. The van der Waals surface area contributed by atoms with Crippen molar-refractivity contribution in [1.82, 2.24) is 4.90 Å². The number of amides is 2. The van der Waals surface area contributed by atoms with E-state index in [0.717, 1.165) is 42.5 Å². The molecule has 2 amide bonds. The van der Waals surface area contributed by atoms with Gasteiger partial charge in [-0.3, -0.25) is 14.4 Å². The first kappa shape index (κ1) is 23.0. The van der Waals surface area contributed by atoms with Crippen molar-refractivity contribution < 1.29 is 19.1 Å². The first-order chi connectivity index (χ1) is 16.0. The SMILES string of the molecule is CCOC(=O)C1CCCN(C(=O)Cc2cccc(N(Cc3ccccc3)C(=O)C3CC3)c2)C1. The molecule has 1 aliphatic carbocycles. The van der Waals surface area contributed by atoms with Crippen LogP contribution >= 0.6 is 0 Å². The van der Waals surface area contributed by atoms with Crippen LogP contribution in [0.1, 0.15) is 43.7 Å². The molecule has 6 nitrogen and oxygen atoms in total. The monoisotopic (exact) mass is 448 g/mol. The van der Waals surface area contributed by atoms with Gasteiger partial charge in [-0.1, -0.05) is 42.5 Å². The molecule has 0 spiro atoms. The second-order valence-electron chi connectivity index (χ2n) is 8.96. The third-order valence-corrected chi connectivity index (χ3v) is 6.35. The van der Waals surface area contributed by atoms with Crippen LogP contribution in [0.3, 0.4) is 0 Å². The van der Waals surface area contributed by atoms with Gasteiger partial charge in [0.05, 0.1) is 25.5 Å². The number of ether oxygens (including phenoxy) is 1. The van der Waals surface area contributed by atoms with E-state index in [1.807, 2.05) is 59.5 Å². The Kier molecular flexibility index (Phi) is 7.43. The second kappa shape index (κ2) is 10.6. The number of nitrogens with zero attached hydrogens (tertiary/aromatic N) is 2. The van der Waals surface area contributed by atoms with Gasteiger partial charge >= 0.3 is 5.97 Å². The summed E-state index contributed by atoms with van der Waals surface area (Å²) >= 11 is 0. The van der Waals surface area contributed by atoms with Gasteiger partial charge in [0, 0.05) is 24.7 Å². The number of carbonyl (C=O) groups is 3. The number of benzene rings is 2. The average Bonchev–Trinajstić information content (AvgIpc) is 3.69. The molecule has 0 N–H and O–H groups in total. The topological polar surface area (TPSA) is 66.9 Å². The molecular weight excluding hydrogens is 416 g/mol. The zero-order chi connectivity index (χ0) is 23.2. The summed E-state index contributed by atoms with van der Waals surface area (Å²) in [5.41, 5.74) is 2.77. The van der Waals surface area contributed by atoms with Crippen LogP contribution in [0.5, 0.6) is 0 Å². The van der Waals surface area contributed by atoms with Crippen molar-refractivity contribution >= 4 is 23.5 Å². The number of piperidine rings is 1. The highest BCUT2D eigenvalue weighted by Crippen LogP contribution is 2.34. The molecule has 2 aromatic rings. The molecule has 0 radical (unpaired) electrons. The van der Waals surface area contributed by atoms with Gasteiger partial charge in [-0.25, -0.2) is 0 Å². The zero-order valence-corrected chi connectivity index (χ0v) is 19.2. The van der Waals surface area contributed by atoms with Gasteiger partial charge in [-0.05, 0) is 55.9 Å². The molecule has 2 aromatic carbocycles. The molecule has 2 aliphatic rings. The van der Waals surface area contributed by atoms with Gasteiger partial charge in [0.15, 0.2) is 0 Å². The summed E-state index contributed by atoms with van der Waals surface area (Å²) in [5.74, 6) is -0.203.